The maximum Gasteiger partial charge on any atom is 0.161 e. The second-order valence-corrected chi connectivity index (χ2v) is 7.77. The van der Waals surface area contributed by atoms with E-state index >= 15 is 0 Å². The van der Waals surface area contributed by atoms with E-state index in [-0.39, 0.29) is 5.82 Å². The molecule has 27 heavy (non-hydrogen) atoms. The Hall–Kier alpha value is -2.24. The molecule has 1 fully saturated rings. The average molecular weight is 386 g/mol. The predicted molar refractivity (Wildman–Crippen MR) is 111 cm³/mol. The van der Waals surface area contributed by atoms with Gasteiger partial charge in [-0.1, -0.05) is 0 Å². The number of hydrogen-bond donors (Lipinski definition) is 1. The Kier molecular flexibility index (Phi) is 4.98. The number of pyridine rings is 1. The smallest absolute Gasteiger partial charge is 0.161 e. The summed E-state index contributed by atoms with van der Waals surface area (Å²) in [6.45, 7) is 7.66. The molecule has 142 valence electrons. The van der Waals surface area contributed by atoms with E-state index in [0.29, 0.717) is 20.1 Å². The van der Waals surface area contributed by atoms with E-state index in [1.54, 1.807) is 12.3 Å². The number of benzene rings is 1. The van der Waals surface area contributed by atoms with Gasteiger partial charge < -0.3 is 15.1 Å². The van der Waals surface area contributed by atoms with Gasteiger partial charge in [0, 0.05) is 46.0 Å². The van der Waals surface area contributed by atoms with Crippen molar-refractivity contribution < 1.29 is 4.39 Å². The third-order valence-electron chi connectivity index (χ3n) is 5.00. The number of anilines is 3. The lowest BCUT2D eigenvalue weighted by Crippen LogP contribution is -2.44. The summed E-state index contributed by atoms with van der Waals surface area (Å²) >= 11 is 0. The number of aromatic nitrogens is 3. The summed E-state index contributed by atoms with van der Waals surface area (Å²) in [5.74, 6) is -0.199. The van der Waals surface area contributed by atoms with E-state index in [2.05, 4.69) is 38.9 Å². The van der Waals surface area contributed by atoms with Crippen molar-refractivity contribution in [2.45, 2.75) is 6.92 Å². The highest BCUT2D eigenvalue weighted by Gasteiger charge is 2.17. The first-order chi connectivity index (χ1) is 13.0. The number of piperazine rings is 1. The van der Waals surface area contributed by atoms with E-state index in [1.807, 2.05) is 29.6 Å². The highest BCUT2D eigenvalue weighted by atomic mass is 31.1. The van der Waals surface area contributed by atoms with Crippen molar-refractivity contribution in [1.29, 1.82) is 0 Å². The maximum absolute atomic E-state index is 14.7. The first kappa shape index (κ1) is 18.1. The van der Waals surface area contributed by atoms with Gasteiger partial charge in [0.2, 0.25) is 0 Å². The molecule has 0 radical (unpaired) electrons. The number of aryl methyl sites for hydroxylation is 1. The molecule has 1 aliphatic heterocycles. The van der Waals surface area contributed by atoms with Gasteiger partial charge in [0.1, 0.15) is 5.82 Å². The van der Waals surface area contributed by atoms with Gasteiger partial charge in [0.05, 0.1) is 23.3 Å². The number of rotatable bonds is 4. The van der Waals surface area contributed by atoms with Gasteiger partial charge in [-0.15, -0.1) is 0 Å². The van der Waals surface area contributed by atoms with Gasteiger partial charge in [0.15, 0.2) is 5.65 Å². The number of nitrogens with zero attached hydrogens (tertiary/aromatic N) is 5. The van der Waals surface area contributed by atoms with Gasteiger partial charge in [-0.2, -0.15) is 5.10 Å². The standard InChI is InChI=1S/C19H24FN6P/c1-13-16-10-15(12-21-19(16)26(23-13)27-3)22-14-4-5-18(17(20)11-14)25-8-6-24(2)7-9-25/h4-5,10-12,22,27H,6-9H2,1-3H3. The van der Waals surface area contributed by atoms with Crippen LogP contribution in [0, 0.1) is 12.7 Å². The zero-order valence-electron chi connectivity index (χ0n) is 15.8. The molecule has 8 heteroatoms. The minimum absolute atomic E-state index is 0.199. The average Bonchev–Trinajstić information content (AvgIpc) is 2.98. The fourth-order valence-corrected chi connectivity index (χ4v) is 4.06. The van der Waals surface area contributed by atoms with Crippen LogP contribution in [-0.2, 0) is 0 Å². The highest BCUT2D eigenvalue weighted by molar-refractivity contribution is 7.35. The second-order valence-electron chi connectivity index (χ2n) is 6.90. The molecule has 1 saturated heterocycles. The molecule has 0 saturated carbocycles. The van der Waals surface area contributed by atoms with E-state index in [4.69, 9.17) is 0 Å². The summed E-state index contributed by atoms with van der Waals surface area (Å²) in [5.41, 5.74) is 4.05. The van der Waals surface area contributed by atoms with E-state index < -0.39 is 0 Å². The molecule has 1 aromatic carbocycles. The molecule has 1 unspecified atom stereocenters. The fraction of sp³-hybridized carbons (Fsp3) is 0.368. The van der Waals surface area contributed by atoms with Crippen LogP contribution in [0.5, 0.6) is 0 Å². The lowest BCUT2D eigenvalue weighted by molar-refractivity contribution is 0.311. The van der Waals surface area contributed by atoms with Crippen molar-refractivity contribution in [1.82, 2.24) is 19.4 Å². The Morgan fingerprint density at radius 2 is 1.89 bits per heavy atom. The van der Waals surface area contributed by atoms with Crippen LogP contribution in [0.1, 0.15) is 5.69 Å². The quantitative estimate of drug-likeness (QED) is 0.696. The first-order valence-corrected chi connectivity index (χ1v) is 10.5. The van der Waals surface area contributed by atoms with E-state index in [1.165, 1.54) is 0 Å². The zero-order chi connectivity index (χ0) is 19.0. The van der Waals surface area contributed by atoms with Crippen LogP contribution in [0.25, 0.3) is 11.0 Å². The summed E-state index contributed by atoms with van der Waals surface area (Å²) in [6, 6.07) is 7.36. The molecular weight excluding hydrogens is 362 g/mol. The van der Waals surface area contributed by atoms with Crippen LogP contribution in [0.15, 0.2) is 30.5 Å². The summed E-state index contributed by atoms with van der Waals surface area (Å²) in [5, 5.41) is 8.79. The van der Waals surface area contributed by atoms with Gasteiger partial charge in [-0.05, 0) is 44.9 Å². The highest BCUT2D eigenvalue weighted by Crippen LogP contribution is 2.28. The van der Waals surface area contributed by atoms with Gasteiger partial charge in [0.25, 0.3) is 0 Å². The molecule has 1 atom stereocenters. The lowest BCUT2D eigenvalue weighted by Gasteiger charge is -2.34. The minimum Gasteiger partial charge on any atom is -0.367 e. The van der Waals surface area contributed by atoms with Crippen LogP contribution in [0.4, 0.5) is 21.5 Å². The normalized spacial score (nSPS) is 15.9. The van der Waals surface area contributed by atoms with Gasteiger partial charge >= 0.3 is 0 Å². The molecule has 0 aliphatic carbocycles. The molecule has 0 spiro atoms. The fourth-order valence-electron chi connectivity index (χ4n) is 3.42. The molecular formula is C19H24FN6P. The van der Waals surface area contributed by atoms with Gasteiger partial charge in [-0.3, -0.25) is 0 Å². The van der Waals surface area contributed by atoms with Crippen molar-refractivity contribution in [3.63, 3.8) is 0 Å². The molecule has 1 N–H and O–H groups in total. The van der Waals surface area contributed by atoms with Crippen LogP contribution in [0.2, 0.25) is 0 Å². The zero-order valence-corrected chi connectivity index (χ0v) is 16.8. The van der Waals surface area contributed by atoms with Crippen LogP contribution in [-0.4, -0.2) is 59.3 Å². The van der Waals surface area contributed by atoms with Crippen molar-refractivity contribution in [3.8, 4) is 0 Å². The Bertz CT molecular complexity index is 964. The SMILES string of the molecule is CPn1nc(C)c2cc(Nc3ccc(N4CCN(C)CC4)c(F)c3)cnc21. The first-order valence-electron chi connectivity index (χ1n) is 9.08. The Labute approximate surface area is 160 Å². The third kappa shape index (κ3) is 3.62. The number of nitrogens with one attached hydrogen (secondary N) is 1. The summed E-state index contributed by atoms with van der Waals surface area (Å²) in [7, 11) is 2.63. The van der Waals surface area contributed by atoms with E-state index in [9.17, 15) is 4.39 Å². The molecule has 0 bridgehead atoms. The van der Waals surface area contributed by atoms with Crippen molar-refractivity contribution in [2.75, 3.05) is 50.1 Å². The van der Waals surface area contributed by atoms with Crippen LogP contribution < -0.4 is 10.2 Å². The summed E-state index contributed by atoms with van der Waals surface area (Å²) < 4.78 is 16.6. The molecule has 4 rings (SSSR count). The number of fused-ring (bicyclic) bond motifs is 1. The number of halogens is 1. The lowest BCUT2D eigenvalue weighted by atomic mass is 10.2. The second kappa shape index (κ2) is 7.41. The molecule has 2 aromatic heterocycles. The Morgan fingerprint density at radius 3 is 2.59 bits per heavy atom. The summed E-state index contributed by atoms with van der Waals surface area (Å²) in [6.07, 6.45) is 1.77. The Morgan fingerprint density at radius 1 is 1.11 bits per heavy atom. The van der Waals surface area contributed by atoms with Crippen molar-refractivity contribution in [2.24, 2.45) is 0 Å². The van der Waals surface area contributed by atoms with Crippen LogP contribution in [0.3, 0.4) is 0 Å². The van der Waals surface area contributed by atoms with Crippen molar-refractivity contribution >= 4 is 36.8 Å². The summed E-state index contributed by atoms with van der Waals surface area (Å²) in [4.78, 5) is 8.90. The predicted octanol–water partition coefficient (Wildman–Crippen LogP) is 3.45. The molecule has 0 amide bonds. The molecule has 3 aromatic rings. The monoisotopic (exact) mass is 386 g/mol. The molecule has 1 aliphatic rings. The van der Waals surface area contributed by atoms with Crippen LogP contribution >= 0.6 is 8.73 Å². The van der Waals surface area contributed by atoms with Gasteiger partial charge in [-0.25, -0.2) is 13.8 Å². The number of hydrogen-bond acceptors (Lipinski definition) is 5. The number of likely N-dealkylation sites (N-methyl/N-ethyl adjacent to an activating group) is 1. The van der Waals surface area contributed by atoms with E-state index in [0.717, 1.165) is 48.6 Å². The van der Waals surface area contributed by atoms with Crippen molar-refractivity contribution in [3.05, 3.63) is 42.0 Å². The third-order valence-corrected chi connectivity index (χ3v) is 5.73. The molecule has 6 nitrogen and oxygen atoms in total. The molecule has 3 heterocycles. The minimum atomic E-state index is -0.199. The topological polar surface area (TPSA) is 49.2 Å². The Balaban J connectivity index is 1.55. The largest absolute Gasteiger partial charge is 0.367 e. The maximum atomic E-state index is 14.7.